The maximum atomic E-state index is 13.3. The fraction of sp³-hybridized carbons (Fsp3) is 0.481. The molecule has 0 heterocycles. The molecule has 8 nitrogen and oxygen atoms in total. The molecule has 2 rings (SSSR count). The van der Waals surface area contributed by atoms with Gasteiger partial charge in [-0.05, 0) is 56.0 Å². The Bertz CT molecular complexity index is 1120. The lowest BCUT2D eigenvalue weighted by Crippen LogP contribution is -2.48. The molecule has 2 aromatic rings. The lowest BCUT2D eigenvalue weighted by atomic mass is 10.1. The third-order valence-electron chi connectivity index (χ3n) is 5.81. The van der Waals surface area contributed by atoms with Crippen LogP contribution in [0.1, 0.15) is 44.7 Å². The van der Waals surface area contributed by atoms with E-state index in [1.54, 1.807) is 31.1 Å². The van der Waals surface area contributed by atoms with Crippen LogP contribution < -0.4 is 14.4 Å². The van der Waals surface area contributed by atoms with E-state index >= 15 is 0 Å². The summed E-state index contributed by atoms with van der Waals surface area (Å²) in [4.78, 5) is 27.7. The number of carbonyl (C=O) groups excluding carboxylic acids is 2. The van der Waals surface area contributed by atoms with Crippen molar-refractivity contribution in [3.8, 4) is 5.75 Å². The van der Waals surface area contributed by atoms with Crippen LogP contribution in [0.3, 0.4) is 0 Å². The van der Waals surface area contributed by atoms with Crippen molar-refractivity contribution < 1.29 is 22.7 Å². The molecule has 198 valence electrons. The highest BCUT2D eigenvalue weighted by atomic mass is 32.2. The van der Waals surface area contributed by atoms with Gasteiger partial charge in [0.2, 0.25) is 21.8 Å². The average Bonchev–Trinajstić information content (AvgIpc) is 2.83. The third kappa shape index (κ3) is 8.86. The van der Waals surface area contributed by atoms with E-state index in [-0.39, 0.29) is 37.2 Å². The number of aryl methyl sites for hydroxylation is 1. The van der Waals surface area contributed by atoms with Crippen LogP contribution in [0.2, 0.25) is 0 Å². The van der Waals surface area contributed by atoms with Crippen LogP contribution in [0.5, 0.6) is 5.75 Å². The predicted molar refractivity (Wildman–Crippen MR) is 143 cm³/mol. The van der Waals surface area contributed by atoms with Crippen molar-refractivity contribution in [1.82, 2.24) is 10.2 Å². The van der Waals surface area contributed by atoms with Crippen LogP contribution in [0.15, 0.2) is 48.5 Å². The minimum absolute atomic E-state index is 0.101. The molecule has 0 aliphatic rings. The molecule has 2 aromatic carbocycles. The summed E-state index contributed by atoms with van der Waals surface area (Å²) in [5, 5.41) is 2.90. The number of methoxy groups -OCH3 is 1. The Hall–Kier alpha value is -3.07. The van der Waals surface area contributed by atoms with Crippen LogP contribution in [-0.2, 0) is 26.2 Å². The molecule has 0 spiro atoms. The molecule has 0 aliphatic heterocycles. The highest BCUT2D eigenvalue weighted by Crippen LogP contribution is 2.20. The Morgan fingerprint density at radius 3 is 2.31 bits per heavy atom. The zero-order valence-corrected chi connectivity index (χ0v) is 23.0. The summed E-state index contributed by atoms with van der Waals surface area (Å²) in [5.41, 5.74) is 2.43. The van der Waals surface area contributed by atoms with Crippen LogP contribution in [0.4, 0.5) is 5.69 Å². The Morgan fingerprint density at radius 1 is 1.06 bits per heavy atom. The molecule has 1 atom stereocenters. The first-order valence-electron chi connectivity index (χ1n) is 12.2. The van der Waals surface area contributed by atoms with Gasteiger partial charge in [-0.1, -0.05) is 43.7 Å². The number of sulfonamides is 1. The van der Waals surface area contributed by atoms with E-state index in [9.17, 15) is 18.0 Å². The Balaban J connectivity index is 2.17. The van der Waals surface area contributed by atoms with E-state index in [0.717, 1.165) is 17.4 Å². The molecule has 36 heavy (non-hydrogen) atoms. The molecule has 1 N–H and O–H groups in total. The molecule has 0 radical (unpaired) electrons. The number of anilines is 1. The SMILES string of the molecule is COc1cccc(CN(C(=O)CCCN(c2ccc(C)cc2)S(C)(=O)=O)[C@@H](C)C(=O)NCC(C)C)c1. The highest BCUT2D eigenvalue weighted by molar-refractivity contribution is 7.92. The fourth-order valence-electron chi connectivity index (χ4n) is 3.72. The molecular weight excluding hydrogens is 478 g/mol. The van der Waals surface area contributed by atoms with Gasteiger partial charge in [-0.25, -0.2) is 8.42 Å². The molecule has 0 aromatic heterocycles. The summed E-state index contributed by atoms with van der Waals surface area (Å²) < 4.78 is 31.4. The van der Waals surface area contributed by atoms with Gasteiger partial charge in [0.05, 0.1) is 19.1 Å². The van der Waals surface area contributed by atoms with Crippen molar-refractivity contribution >= 4 is 27.5 Å². The van der Waals surface area contributed by atoms with E-state index in [1.165, 1.54) is 4.31 Å². The van der Waals surface area contributed by atoms with Gasteiger partial charge in [0.1, 0.15) is 11.8 Å². The van der Waals surface area contributed by atoms with Crippen molar-refractivity contribution in [3.63, 3.8) is 0 Å². The maximum absolute atomic E-state index is 13.3. The summed E-state index contributed by atoms with van der Waals surface area (Å²) in [6.45, 7) is 8.57. The monoisotopic (exact) mass is 517 g/mol. The minimum atomic E-state index is -3.52. The second-order valence-electron chi connectivity index (χ2n) is 9.46. The topological polar surface area (TPSA) is 96.0 Å². The van der Waals surface area contributed by atoms with Gasteiger partial charge in [0.15, 0.2) is 0 Å². The van der Waals surface area contributed by atoms with Gasteiger partial charge >= 0.3 is 0 Å². The van der Waals surface area contributed by atoms with Crippen molar-refractivity contribution in [2.75, 3.05) is 30.8 Å². The number of nitrogens with zero attached hydrogens (tertiary/aromatic N) is 2. The van der Waals surface area contributed by atoms with Crippen LogP contribution in [0, 0.1) is 12.8 Å². The van der Waals surface area contributed by atoms with Crippen molar-refractivity contribution in [2.45, 2.75) is 53.1 Å². The molecule has 0 fully saturated rings. The summed E-state index contributed by atoms with van der Waals surface area (Å²) in [5.74, 6) is 0.505. The zero-order valence-electron chi connectivity index (χ0n) is 22.2. The van der Waals surface area contributed by atoms with Gasteiger partial charge in [-0.2, -0.15) is 0 Å². The Morgan fingerprint density at radius 2 is 1.72 bits per heavy atom. The lowest BCUT2D eigenvalue weighted by molar-refractivity contribution is -0.140. The number of hydrogen-bond donors (Lipinski definition) is 1. The number of amides is 2. The second kappa shape index (κ2) is 13.3. The van der Waals surface area contributed by atoms with Crippen LogP contribution >= 0.6 is 0 Å². The van der Waals surface area contributed by atoms with Crippen LogP contribution in [-0.4, -0.2) is 57.6 Å². The van der Waals surface area contributed by atoms with Crippen molar-refractivity contribution in [3.05, 3.63) is 59.7 Å². The van der Waals surface area contributed by atoms with Crippen molar-refractivity contribution in [1.29, 1.82) is 0 Å². The number of rotatable bonds is 13. The standard InChI is InChI=1S/C27H39N3O5S/c1-20(2)18-28-27(32)22(4)29(19-23-9-7-10-25(17-23)35-5)26(31)11-8-16-30(36(6,33)34)24-14-12-21(3)13-15-24/h7,9-10,12-15,17,20,22H,8,11,16,18-19H2,1-6H3,(H,28,32)/t22-/m0/s1. The third-order valence-corrected chi connectivity index (χ3v) is 7.01. The fourth-order valence-corrected chi connectivity index (χ4v) is 4.68. The Labute approximate surface area is 215 Å². The van der Waals surface area contributed by atoms with Gasteiger partial charge in [0.25, 0.3) is 0 Å². The molecule has 0 aliphatic carbocycles. The van der Waals surface area contributed by atoms with Gasteiger partial charge in [-0.15, -0.1) is 0 Å². The molecule has 0 saturated carbocycles. The first-order chi connectivity index (χ1) is 16.9. The smallest absolute Gasteiger partial charge is 0.242 e. The van der Waals surface area contributed by atoms with E-state index < -0.39 is 16.1 Å². The number of nitrogens with one attached hydrogen (secondary N) is 1. The van der Waals surface area contributed by atoms with Crippen molar-refractivity contribution in [2.24, 2.45) is 5.92 Å². The molecule has 2 amide bonds. The molecular formula is C27H39N3O5S. The maximum Gasteiger partial charge on any atom is 0.242 e. The Kier molecular flexibility index (Phi) is 10.8. The lowest BCUT2D eigenvalue weighted by Gasteiger charge is -2.30. The summed E-state index contributed by atoms with van der Waals surface area (Å²) in [6, 6.07) is 13.9. The first kappa shape index (κ1) is 29.2. The number of hydrogen-bond acceptors (Lipinski definition) is 5. The minimum Gasteiger partial charge on any atom is -0.497 e. The molecule has 0 bridgehead atoms. The summed E-state index contributed by atoms with van der Waals surface area (Å²) in [7, 11) is -1.95. The number of benzene rings is 2. The van der Waals surface area contributed by atoms with Gasteiger partial charge < -0.3 is 15.0 Å². The quantitative estimate of drug-likeness (QED) is 0.437. The summed E-state index contributed by atoms with van der Waals surface area (Å²) >= 11 is 0. The van der Waals surface area contributed by atoms with E-state index in [4.69, 9.17) is 4.74 Å². The zero-order chi connectivity index (χ0) is 26.9. The first-order valence-corrected chi connectivity index (χ1v) is 14.0. The molecule has 9 heteroatoms. The molecule has 0 saturated heterocycles. The summed E-state index contributed by atoms with van der Waals surface area (Å²) in [6.07, 6.45) is 1.57. The van der Waals surface area contributed by atoms with E-state index in [1.807, 2.05) is 57.2 Å². The predicted octanol–water partition coefficient (Wildman–Crippen LogP) is 3.74. The van der Waals surface area contributed by atoms with Crippen LogP contribution in [0.25, 0.3) is 0 Å². The average molecular weight is 518 g/mol. The number of ether oxygens (including phenoxy) is 1. The van der Waals surface area contributed by atoms with Gasteiger partial charge in [0, 0.05) is 26.1 Å². The number of carbonyl (C=O) groups is 2. The highest BCUT2D eigenvalue weighted by Gasteiger charge is 2.27. The largest absolute Gasteiger partial charge is 0.497 e. The van der Waals surface area contributed by atoms with E-state index in [0.29, 0.717) is 24.4 Å². The van der Waals surface area contributed by atoms with E-state index in [2.05, 4.69) is 5.32 Å². The second-order valence-corrected chi connectivity index (χ2v) is 11.4. The normalized spacial score (nSPS) is 12.2. The van der Waals surface area contributed by atoms with Gasteiger partial charge in [-0.3, -0.25) is 13.9 Å². The molecule has 0 unspecified atom stereocenters.